The lowest BCUT2D eigenvalue weighted by Crippen LogP contribution is -2.52. The largest absolute Gasteiger partial charge is 0.394 e. The van der Waals surface area contributed by atoms with E-state index in [0.29, 0.717) is 33.0 Å². The Labute approximate surface area is 278 Å². The molecule has 0 fully saturated rings. The highest BCUT2D eigenvalue weighted by molar-refractivity contribution is 5.17. The van der Waals surface area contributed by atoms with Gasteiger partial charge in [-0.25, -0.2) is 0 Å². The highest BCUT2D eigenvalue weighted by Crippen LogP contribution is 2.24. The van der Waals surface area contributed by atoms with E-state index in [1.165, 1.54) is 0 Å². The van der Waals surface area contributed by atoms with Crippen molar-refractivity contribution in [1.82, 2.24) is 0 Å². The molecule has 0 amide bonds. The van der Waals surface area contributed by atoms with Crippen molar-refractivity contribution in [2.24, 2.45) is 0 Å². The summed E-state index contributed by atoms with van der Waals surface area (Å²) in [5.74, 6) is 0. The number of hydrogen-bond donors (Lipinski definition) is 1. The minimum atomic E-state index is -0.711. The van der Waals surface area contributed by atoms with Gasteiger partial charge in [0.1, 0.15) is 24.4 Å². The molecule has 0 spiro atoms. The van der Waals surface area contributed by atoms with Crippen molar-refractivity contribution >= 4 is 0 Å². The highest BCUT2D eigenvalue weighted by atomic mass is 16.6. The Kier molecular flexibility index (Phi) is 14.2. The summed E-state index contributed by atoms with van der Waals surface area (Å²) >= 11 is 0. The van der Waals surface area contributed by atoms with Gasteiger partial charge in [0.05, 0.1) is 46.2 Å². The summed E-state index contributed by atoms with van der Waals surface area (Å²) in [6, 6.07) is 50.0. The van der Waals surface area contributed by atoms with E-state index in [9.17, 15) is 5.11 Å². The first-order valence-corrected chi connectivity index (χ1v) is 16.1. The number of aliphatic hydroxyl groups is 1. The summed E-state index contributed by atoms with van der Waals surface area (Å²) in [4.78, 5) is 0. The number of hydrogen-bond acceptors (Lipinski definition) is 6. The lowest BCUT2D eigenvalue weighted by molar-refractivity contribution is -0.205. The van der Waals surface area contributed by atoms with E-state index in [1.807, 2.05) is 152 Å². The minimum absolute atomic E-state index is 0.239. The number of ether oxygens (including phenoxy) is 5. The van der Waals surface area contributed by atoms with Gasteiger partial charge in [-0.3, -0.25) is 0 Å². The smallest absolute Gasteiger partial charge is 0.115 e. The molecule has 5 aromatic rings. The van der Waals surface area contributed by atoms with Gasteiger partial charge in [0.25, 0.3) is 0 Å². The molecular weight excluding hydrogens is 588 g/mol. The first-order valence-electron chi connectivity index (χ1n) is 16.1. The molecule has 6 nitrogen and oxygen atoms in total. The van der Waals surface area contributed by atoms with Crippen LogP contribution < -0.4 is 0 Å². The van der Waals surface area contributed by atoms with Crippen LogP contribution in [-0.2, 0) is 56.7 Å². The summed E-state index contributed by atoms with van der Waals surface area (Å²) in [5, 5.41) is 10.8. The molecule has 1 N–H and O–H groups in total. The summed E-state index contributed by atoms with van der Waals surface area (Å²) in [7, 11) is 0. The average Bonchev–Trinajstić information content (AvgIpc) is 3.14. The molecule has 0 saturated carbocycles. The summed E-state index contributed by atoms with van der Waals surface area (Å²) in [6.45, 7) is 1.67. The van der Waals surface area contributed by atoms with Crippen molar-refractivity contribution in [1.29, 1.82) is 0 Å². The first kappa shape index (κ1) is 34.2. The number of aliphatic hydroxyl groups excluding tert-OH is 1. The van der Waals surface area contributed by atoms with E-state index in [2.05, 4.69) is 0 Å². The predicted molar refractivity (Wildman–Crippen MR) is 183 cm³/mol. The molecule has 0 aliphatic rings. The fourth-order valence-electron chi connectivity index (χ4n) is 5.27. The van der Waals surface area contributed by atoms with Gasteiger partial charge in [-0.05, 0) is 27.8 Å². The average molecular weight is 633 g/mol. The molecule has 244 valence electrons. The third kappa shape index (κ3) is 11.6. The van der Waals surface area contributed by atoms with Crippen LogP contribution in [0, 0.1) is 0 Å². The van der Waals surface area contributed by atoms with Crippen LogP contribution in [0.3, 0.4) is 0 Å². The molecule has 0 saturated heterocycles. The maximum atomic E-state index is 10.8. The molecule has 47 heavy (non-hydrogen) atoms. The van der Waals surface area contributed by atoms with Crippen LogP contribution in [0.4, 0.5) is 0 Å². The fraction of sp³-hybridized carbons (Fsp3) is 0.268. The molecule has 4 atom stereocenters. The normalized spacial score (nSPS) is 13.9. The van der Waals surface area contributed by atoms with Crippen LogP contribution in [0.2, 0.25) is 0 Å². The van der Waals surface area contributed by atoms with Gasteiger partial charge in [-0.2, -0.15) is 0 Å². The first-order chi connectivity index (χ1) is 23.3. The lowest BCUT2D eigenvalue weighted by atomic mass is 10.0. The van der Waals surface area contributed by atoms with E-state index in [-0.39, 0.29) is 13.2 Å². The molecule has 0 unspecified atom stereocenters. The summed E-state index contributed by atoms with van der Waals surface area (Å²) in [6.07, 6.45) is -2.63. The van der Waals surface area contributed by atoms with Crippen LogP contribution in [0.5, 0.6) is 0 Å². The third-order valence-electron chi connectivity index (χ3n) is 7.81. The molecular formula is C41H44O6. The molecule has 0 aliphatic carbocycles. The highest BCUT2D eigenvalue weighted by Gasteiger charge is 2.38. The molecule has 6 heteroatoms. The third-order valence-corrected chi connectivity index (χ3v) is 7.81. The zero-order valence-corrected chi connectivity index (χ0v) is 26.7. The lowest BCUT2D eigenvalue weighted by Gasteiger charge is -2.37. The van der Waals surface area contributed by atoms with Gasteiger partial charge in [0, 0.05) is 0 Å². The van der Waals surface area contributed by atoms with Crippen molar-refractivity contribution in [3.05, 3.63) is 179 Å². The van der Waals surface area contributed by atoms with Crippen LogP contribution in [0.15, 0.2) is 152 Å². The molecule has 0 aromatic heterocycles. The van der Waals surface area contributed by atoms with Crippen molar-refractivity contribution in [2.45, 2.75) is 57.5 Å². The minimum Gasteiger partial charge on any atom is -0.394 e. The van der Waals surface area contributed by atoms with Crippen LogP contribution in [0.1, 0.15) is 27.8 Å². The molecule has 0 heterocycles. The Morgan fingerprint density at radius 2 is 0.660 bits per heavy atom. The van der Waals surface area contributed by atoms with Gasteiger partial charge >= 0.3 is 0 Å². The second-order valence-corrected chi connectivity index (χ2v) is 11.4. The molecule has 0 aliphatic heterocycles. The molecule has 0 radical (unpaired) electrons. The van der Waals surface area contributed by atoms with Crippen molar-refractivity contribution in [3.8, 4) is 0 Å². The van der Waals surface area contributed by atoms with Gasteiger partial charge in [-0.15, -0.1) is 0 Å². The van der Waals surface area contributed by atoms with E-state index >= 15 is 0 Å². The van der Waals surface area contributed by atoms with E-state index < -0.39 is 24.4 Å². The Balaban J connectivity index is 1.45. The zero-order chi connectivity index (χ0) is 32.4. The van der Waals surface area contributed by atoms with E-state index in [1.54, 1.807) is 0 Å². The van der Waals surface area contributed by atoms with Crippen molar-refractivity contribution in [2.75, 3.05) is 13.2 Å². The molecule has 5 aromatic carbocycles. The summed E-state index contributed by atoms with van der Waals surface area (Å²) in [5.41, 5.74) is 5.10. The number of rotatable bonds is 20. The molecule has 5 rings (SSSR count). The maximum absolute atomic E-state index is 10.8. The Bertz CT molecular complexity index is 1500. The van der Waals surface area contributed by atoms with Gasteiger partial charge in [0.2, 0.25) is 0 Å². The standard InChI is InChI=1S/C41H44O6/c42-26-38(44-28-34-18-8-2-9-19-34)40(46-30-36-22-12-4-13-23-36)41(47-31-37-24-14-5-15-25-37)39(45-29-35-20-10-3-11-21-35)32-43-27-33-16-6-1-7-17-33/h1-25,38-42H,26-32H2/t38-,39+,40+,41-/m0/s1. The van der Waals surface area contributed by atoms with E-state index in [0.717, 1.165) is 27.8 Å². The summed E-state index contributed by atoms with van der Waals surface area (Å²) < 4.78 is 32.7. The fourth-order valence-corrected chi connectivity index (χ4v) is 5.27. The van der Waals surface area contributed by atoms with Crippen LogP contribution in [0.25, 0.3) is 0 Å². The Hall–Kier alpha value is -4.14. The Morgan fingerprint density at radius 3 is 1.02 bits per heavy atom. The predicted octanol–water partition coefficient (Wildman–Crippen LogP) is 7.54. The van der Waals surface area contributed by atoms with Crippen molar-refractivity contribution < 1.29 is 28.8 Å². The maximum Gasteiger partial charge on any atom is 0.115 e. The second-order valence-electron chi connectivity index (χ2n) is 11.4. The molecule has 0 bridgehead atoms. The quantitative estimate of drug-likeness (QED) is 0.0957. The number of benzene rings is 5. The Morgan fingerprint density at radius 1 is 0.362 bits per heavy atom. The van der Waals surface area contributed by atoms with Gasteiger partial charge in [-0.1, -0.05) is 152 Å². The van der Waals surface area contributed by atoms with E-state index in [4.69, 9.17) is 23.7 Å². The van der Waals surface area contributed by atoms with Gasteiger partial charge in [0.15, 0.2) is 0 Å². The topological polar surface area (TPSA) is 66.4 Å². The van der Waals surface area contributed by atoms with Gasteiger partial charge < -0.3 is 28.8 Å². The van der Waals surface area contributed by atoms with Crippen molar-refractivity contribution in [3.63, 3.8) is 0 Å². The van der Waals surface area contributed by atoms with Crippen LogP contribution in [-0.4, -0.2) is 42.7 Å². The SMILES string of the molecule is OC[C@H](OCc1ccccc1)[C@@H](OCc1ccccc1)[C@@H](OCc1ccccc1)[C@@H](COCc1ccccc1)OCc1ccccc1. The monoisotopic (exact) mass is 632 g/mol. The zero-order valence-electron chi connectivity index (χ0n) is 26.7. The van der Waals surface area contributed by atoms with Crippen LogP contribution >= 0.6 is 0 Å². The second kappa shape index (κ2) is 19.5.